The molecule has 0 saturated heterocycles. The summed E-state index contributed by atoms with van der Waals surface area (Å²) in [6, 6.07) is 14.5. The number of benzene rings is 2. The van der Waals surface area contributed by atoms with Crippen molar-refractivity contribution >= 4 is 31.9 Å². The van der Waals surface area contributed by atoms with E-state index in [1.807, 2.05) is 24.3 Å². The molecule has 27 heavy (non-hydrogen) atoms. The number of primary sulfonamides is 1. The Morgan fingerprint density at radius 1 is 1.04 bits per heavy atom. The lowest BCUT2D eigenvalue weighted by atomic mass is 9.78. The average Bonchev–Trinajstić information content (AvgIpc) is 3.13. The molecule has 1 saturated carbocycles. The highest BCUT2D eigenvalue weighted by atomic mass is 79.9. The average molecular weight is 451 g/mol. The normalized spacial score (nSPS) is 16.2. The van der Waals surface area contributed by atoms with E-state index in [1.165, 1.54) is 12.1 Å². The van der Waals surface area contributed by atoms with Crippen molar-refractivity contribution in [1.29, 1.82) is 0 Å². The molecule has 1 fully saturated rings. The van der Waals surface area contributed by atoms with Crippen molar-refractivity contribution in [2.75, 3.05) is 6.54 Å². The van der Waals surface area contributed by atoms with E-state index in [9.17, 15) is 13.2 Å². The minimum Gasteiger partial charge on any atom is -0.355 e. The highest BCUT2D eigenvalue weighted by molar-refractivity contribution is 9.10. The van der Waals surface area contributed by atoms with Crippen LogP contribution in [0, 0.1) is 0 Å². The van der Waals surface area contributed by atoms with Crippen molar-refractivity contribution < 1.29 is 13.2 Å². The number of hydrogen-bond donors (Lipinski definition) is 2. The Balaban J connectivity index is 1.64. The van der Waals surface area contributed by atoms with E-state index in [4.69, 9.17) is 5.14 Å². The minimum atomic E-state index is -3.68. The van der Waals surface area contributed by atoms with Crippen molar-refractivity contribution in [1.82, 2.24) is 5.32 Å². The van der Waals surface area contributed by atoms with Crippen molar-refractivity contribution in [2.45, 2.75) is 42.4 Å². The molecular formula is C20H23BrN2O3S. The lowest BCUT2D eigenvalue weighted by Gasteiger charge is -2.28. The molecule has 0 unspecified atom stereocenters. The molecular weight excluding hydrogens is 428 g/mol. The number of amides is 1. The van der Waals surface area contributed by atoms with E-state index >= 15 is 0 Å². The van der Waals surface area contributed by atoms with Gasteiger partial charge in [0.25, 0.3) is 0 Å². The van der Waals surface area contributed by atoms with Crippen LogP contribution in [0.4, 0.5) is 0 Å². The van der Waals surface area contributed by atoms with Gasteiger partial charge in [0.1, 0.15) is 0 Å². The lowest BCUT2D eigenvalue weighted by Crippen LogP contribution is -2.43. The molecule has 2 aromatic carbocycles. The molecule has 1 amide bonds. The minimum absolute atomic E-state index is 0.0727. The van der Waals surface area contributed by atoms with Gasteiger partial charge < -0.3 is 5.32 Å². The van der Waals surface area contributed by atoms with Crippen molar-refractivity contribution in [3.63, 3.8) is 0 Å². The third-order valence-electron chi connectivity index (χ3n) is 5.24. The smallest absolute Gasteiger partial charge is 0.238 e. The van der Waals surface area contributed by atoms with Crippen LogP contribution in [0.2, 0.25) is 0 Å². The molecule has 0 aromatic heterocycles. The Morgan fingerprint density at radius 3 is 2.19 bits per heavy atom. The monoisotopic (exact) mass is 450 g/mol. The maximum atomic E-state index is 13.0. The van der Waals surface area contributed by atoms with Gasteiger partial charge >= 0.3 is 0 Å². The fourth-order valence-electron chi connectivity index (χ4n) is 3.73. The summed E-state index contributed by atoms with van der Waals surface area (Å²) in [7, 11) is -3.68. The van der Waals surface area contributed by atoms with E-state index < -0.39 is 15.4 Å². The first-order valence-electron chi connectivity index (χ1n) is 8.97. The van der Waals surface area contributed by atoms with Gasteiger partial charge in [-0.05, 0) is 54.7 Å². The molecule has 7 heteroatoms. The molecule has 0 spiro atoms. The number of carbonyl (C=O) groups excluding carboxylic acids is 1. The third kappa shape index (κ3) is 4.59. The second-order valence-electron chi connectivity index (χ2n) is 6.99. The van der Waals surface area contributed by atoms with Gasteiger partial charge in [-0.2, -0.15) is 0 Å². The Morgan fingerprint density at radius 2 is 1.63 bits per heavy atom. The van der Waals surface area contributed by atoms with Crippen LogP contribution in [0.25, 0.3) is 0 Å². The summed E-state index contributed by atoms with van der Waals surface area (Å²) in [5.74, 6) is 0.0727. The first-order valence-corrected chi connectivity index (χ1v) is 11.3. The van der Waals surface area contributed by atoms with Crippen LogP contribution in [0.5, 0.6) is 0 Å². The Labute approximate surface area is 168 Å². The number of rotatable bonds is 6. The van der Waals surface area contributed by atoms with Crippen LogP contribution in [-0.4, -0.2) is 20.9 Å². The molecule has 144 valence electrons. The maximum Gasteiger partial charge on any atom is 0.238 e. The second-order valence-corrected chi connectivity index (χ2v) is 9.47. The number of carbonyl (C=O) groups is 1. The summed E-state index contributed by atoms with van der Waals surface area (Å²) in [5.41, 5.74) is 1.57. The number of nitrogens with one attached hydrogen (secondary N) is 1. The van der Waals surface area contributed by atoms with Crippen LogP contribution < -0.4 is 10.5 Å². The summed E-state index contributed by atoms with van der Waals surface area (Å²) >= 11 is 3.45. The van der Waals surface area contributed by atoms with Gasteiger partial charge in [-0.25, -0.2) is 13.6 Å². The zero-order valence-electron chi connectivity index (χ0n) is 14.9. The highest BCUT2D eigenvalue weighted by Crippen LogP contribution is 2.41. The molecule has 0 atom stereocenters. The fraction of sp³-hybridized carbons (Fsp3) is 0.350. The van der Waals surface area contributed by atoms with E-state index in [1.54, 1.807) is 12.1 Å². The maximum absolute atomic E-state index is 13.0. The number of halogens is 1. The molecule has 0 heterocycles. The number of sulfonamides is 1. The van der Waals surface area contributed by atoms with Gasteiger partial charge in [0, 0.05) is 11.0 Å². The van der Waals surface area contributed by atoms with Gasteiger partial charge in [0.15, 0.2) is 0 Å². The zero-order chi connectivity index (χ0) is 19.5. The zero-order valence-corrected chi connectivity index (χ0v) is 17.4. The predicted octanol–water partition coefficient (Wildman–Crippen LogP) is 3.27. The van der Waals surface area contributed by atoms with Crippen LogP contribution in [-0.2, 0) is 26.7 Å². The Hall–Kier alpha value is -1.70. The van der Waals surface area contributed by atoms with Crippen molar-refractivity contribution in [2.24, 2.45) is 5.14 Å². The molecule has 1 aliphatic carbocycles. The fourth-order valence-corrected chi connectivity index (χ4v) is 4.51. The third-order valence-corrected chi connectivity index (χ3v) is 6.70. The largest absolute Gasteiger partial charge is 0.355 e. The van der Waals surface area contributed by atoms with E-state index in [0.29, 0.717) is 13.0 Å². The van der Waals surface area contributed by atoms with Crippen molar-refractivity contribution in [3.05, 3.63) is 64.1 Å². The lowest BCUT2D eigenvalue weighted by molar-refractivity contribution is -0.126. The summed E-state index contributed by atoms with van der Waals surface area (Å²) in [4.78, 5) is 13.1. The molecule has 1 aliphatic rings. The first kappa shape index (κ1) is 20.0. The molecule has 0 bridgehead atoms. The van der Waals surface area contributed by atoms with Gasteiger partial charge in [0.05, 0.1) is 10.3 Å². The van der Waals surface area contributed by atoms with Gasteiger partial charge in [-0.3, -0.25) is 4.79 Å². The van der Waals surface area contributed by atoms with E-state index in [0.717, 1.165) is 41.3 Å². The van der Waals surface area contributed by atoms with Crippen LogP contribution in [0.1, 0.15) is 36.8 Å². The quantitative estimate of drug-likeness (QED) is 0.707. The molecule has 0 aliphatic heterocycles. The van der Waals surface area contributed by atoms with Crippen molar-refractivity contribution in [3.8, 4) is 0 Å². The van der Waals surface area contributed by atoms with Crippen LogP contribution >= 0.6 is 15.9 Å². The summed E-state index contributed by atoms with van der Waals surface area (Å²) in [5, 5.41) is 8.19. The Bertz CT molecular complexity index is 903. The topological polar surface area (TPSA) is 89.3 Å². The van der Waals surface area contributed by atoms with Crippen LogP contribution in [0.15, 0.2) is 57.9 Å². The number of hydrogen-bond acceptors (Lipinski definition) is 3. The van der Waals surface area contributed by atoms with Gasteiger partial charge in [0.2, 0.25) is 15.9 Å². The summed E-state index contributed by atoms with van der Waals surface area (Å²) < 4.78 is 23.6. The number of nitrogens with two attached hydrogens (primary N) is 1. The van der Waals surface area contributed by atoms with E-state index in [2.05, 4.69) is 21.2 Å². The second kappa shape index (κ2) is 8.12. The molecule has 0 radical (unpaired) electrons. The molecule has 3 N–H and O–H groups in total. The first-order chi connectivity index (χ1) is 12.8. The van der Waals surface area contributed by atoms with E-state index in [-0.39, 0.29) is 10.8 Å². The standard InChI is InChI=1S/C20H23BrN2O3S/c21-17-7-5-16(6-8-17)20(12-1-2-13-20)19(24)23-14-11-15-3-9-18(10-4-15)27(22,25)26/h3-10H,1-2,11-14H2,(H,23,24)(H2,22,25,26). The van der Waals surface area contributed by atoms with Gasteiger partial charge in [-0.15, -0.1) is 0 Å². The predicted molar refractivity (Wildman–Crippen MR) is 109 cm³/mol. The molecule has 5 nitrogen and oxygen atoms in total. The SMILES string of the molecule is NS(=O)(=O)c1ccc(CCNC(=O)C2(c3ccc(Br)cc3)CCCC2)cc1. The van der Waals surface area contributed by atoms with Gasteiger partial charge in [-0.1, -0.05) is 53.0 Å². The summed E-state index contributed by atoms with van der Waals surface area (Å²) in [6.07, 6.45) is 4.47. The Kier molecular flexibility index (Phi) is 6.03. The molecule has 2 aromatic rings. The molecule has 3 rings (SSSR count). The summed E-state index contributed by atoms with van der Waals surface area (Å²) in [6.45, 7) is 0.506. The van der Waals surface area contributed by atoms with Crippen LogP contribution in [0.3, 0.4) is 0 Å². The highest BCUT2D eigenvalue weighted by Gasteiger charge is 2.42.